The van der Waals surface area contributed by atoms with Crippen LogP contribution < -0.4 is 11.1 Å². The lowest BCUT2D eigenvalue weighted by Gasteiger charge is -2.44. The highest BCUT2D eigenvalue weighted by molar-refractivity contribution is 7.80. The van der Waals surface area contributed by atoms with Gasteiger partial charge in [0, 0.05) is 19.8 Å². The molecule has 1 aliphatic carbocycles. The number of hydrogen-bond acceptors (Lipinski definition) is 3. The van der Waals surface area contributed by atoms with Crippen LogP contribution in [0.4, 0.5) is 0 Å². The summed E-state index contributed by atoms with van der Waals surface area (Å²) < 4.78 is 4.98. The first-order chi connectivity index (χ1) is 7.92. The molecule has 0 aliphatic heterocycles. The number of amides is 1. The number of carbonyl (C=O) groups is 1. The summed E-state index contributed by atoms with van der Waals surface area (Å²) in [4.78, 5) is 12.5. The van der Waals surface area contributed by atoms with Crippen LogP contribution in [0.25, 0.3) is 0 Å². The quantitative estimate of drug-likeness (QED) is 0.703. The fourth-order valence-electron chi connectivity index (χ4n) is 2.36. The molecule has 0 bridgehead atoms. The first-order valence-corrected chi connectivity index (χ1v) is 6.43. The first kappa shape index (κ1) is 14.4. The highest BCUT2D eigenvalue weighted by Crippen LogP contribution is 2.46. The summed E-state index contributed by atoms with van der Waals surface area (Å²) in [5.74, 6) is 0.503. The molecule has 0 aromatic carbocycles. The summed E-state index contributed by atoms with van der Waals surface area (Å²) in [5, 5.41) is 2.97. The minimum Gasteiger partial charge on any atom is -0.392 e. The number of ether oxygens (including phenoxy) is 1. The molecule has 3 N–H and O–H groups in total. The maximum Gasteiger partial charge on any atom is 0.233 e. The van der Waals surface area contributed by atoms with Crippen molar-refractivity contribution < 1.29 is 9.53 Å². The number of carbonyl (C=O) groups excluding carboxylic acids is 1. The van der Waals surface area contributed by atoms with Crippen LogP contribution >= 0.6 is 12.2 Å². The van der Waals surface area contributed by atoms with E-state index in [4.69, 9.17) is 22.7 Å². The van der Waals surface area contributed by atoms with Crippen LogP contribution in [-0.4, -0.2) is 30.7 Å². The van der Waals surface area contributed by atoms with Crippen LogP contribution in [0.1, 0.15) is 33.1 Å². The predicted molar refractivity (Wildman–Crippen MR) is 71.7 cm³/mol. The van der Waals surface area contributed by atoms with Gasteiger partial charge in [0.2, 0.25) is 5.91 Å². The van der Waals surface area contributed by atoms with Crippen molar-refractivity contribution in [3.05, 3.63) is 0 Å². The summed E-state index contributed by atoms with van der Waals surface area (Å²) >= 11 is 5.04. The molecule has 1 amide bonds. The van der Waals surface area contributed by atoms with Crippen molar-refractivity contribution in [1.82, 2.24) is 5.32 Å². The predicted octanol–water partition coefficient (Wildman–Crippen LogP) is 1.23. The van der Waals surface area contributed by atoms with Gasteiger partial charge in [-0.25, -0.2) is 0 Å². The van der Waals surface area contributed by atoms with Crippen LogP contribution in [0.15, 0.2) is 0 Å². The maximum absolute atomic E-state index is 12.2. The Hall–Kier alpha value is -0.680. The molecular weight excluding hydrogens is 236 g/mol. The van der Waals surface area contributed by atoms with Crippen molar-refractivity contribution in [3.63, 3.8) is 0 Å². The smallest absolute Gasteiger partial charge is 0.233 e. The minimum atomic E-state index is -0.601. The van der Waals surface area contributed by atoms with Crippen molar-refractivity contribution >= 4 is 23.1 Å². The van der Waals surface area contributed by atoms with Crippen LogP contribution in [0.2, 0.25) is 0 Å². The molecule has 5 heteroatoms. The van der Waals surface area contributed by atoms with Crippen LogP contribution in [-0.2, 0) is 9.53 Å². The van der Waals surface area contributed by atoms with Gasteiger partial charge in [-0.15, -0.1) is 0 Å². The highest BCUT2D eigenvalue weighted by Gasteiger charge is 2.50. The molecule has 0 radical (unpaired) electrons. The van der Waals surface area contributed by atoms with Crippen LogP contribution in [0, 0.1) is 11.3 Å². The second-order valence-electron chi connectivity index (χ2n) is 5.12. The molecule has 0 aromatic rings. The van der Waals surface area contributed by atoms with Crippen molar-refractivity contribution in [2.45, 2.75) is 39.2 Å². The first-order valence-electron chi connectivity index (χ1n) is 6.02. The third-order valence-corrected chi connectivity index (χ3v) is 3.82. The van der Waals surface area contributed by atoms with Crippen molar-refractivity contribution in [2.75, 3.05) is 13.7 Å². The van der Waals surface area contributed by atoms with E-state index >= 15 is 0 Å². The zero-order valence-corrected chi connectivity index (χ0v) is 11.6. The van der Waals surface area contributed by atoms with Crippen molar-refractivity contribution in [2.24, 2.45) is 17.1 Å². The van der Waals surface area contributed by atoms with Crippen LogP contribution in [0.5, 0.6) is 0 Å². The van der Waals surface area contributed by atoms with E-state index in [1.54, 1.807) is 7.11 Å². The van der Waals surface area contributed by atoms with Gasteiger partial charge in [0.25, 0.3) is 0 Å². The molecule has 1 aliphatic rings. The Morgan fingerprint density at radius 2 is 2.24 bits per heavy atom. The van der Waals surface area contributed by atoms with Gasteiger partial charge >= 0.3 is 0 Å². The Morgan fingerprint density at radius 1 is 1.65 bits per heavy atom. The molecule has 0 aromatic heterocycles. The van der Waals surface area contributed by atoms with Gasteiger partial charge in [-0.05, 0) is 32.1 Å². The average Bonchev–Trinajstić information content (AvgIpc) is 2.20. The van der Waals surface area contributed by atoms with E-state index in [9.17, 15) is 4.79 Å². The largest absolute Gasteiger partial charge is 0.392 e. The number of rotatable bonds is 6. The van der Waals surface area contributed by atoms with E-state index in [2.05, 4.69) is 12.2 Å². The lowest BCUT2D eigenvalue weighted by molar-refractivity contribution is -0.133. The highest BCUT2D eigenvalue weighted by atomic mass is 32.1. The summed E-state index contributed by atoms with van der Waals surface area (Å²) in [6.07, 6.45) is 2.33. The van der Waals surface area contributed by atoms with Crippen molar-refractivity contribution in [3.8, 4) is 0 Å². The van der Waals surface area contributed by atoms with Crippen molar-refractivity contribution in [1.29, 1.82) is 0 Å². The van der Waals surface area contributed by atoms with E-state index in [1.165, 1.54) is 0 Å². The van der Waals surface area contributed by atoms with Gasteiger partial charge < -0.3 is 15.8 Å². The van der Waals surface area contributed by atoms with E-state index in [0.29, 0.717) is 17.5 Å². The van der Waals surface area contributed by atoms with Gasteiger partial charge in [-0.2, -0.15) is 0 Å². The zero-order chi connectivity index (χ0) is 13.1. The van der Waals surface area contributed by atoms with E-state index in [1.807, 2.05) is 6.92 Å². The Labute approximate surface area is 108 Å². The third kappa shape index (κ3) is 3.16. The molecule has 0 heterocycles. The second-order valence-corrected chi connectivity index (χ2v) is 5.56. The van der Waals surface area contributed by atoms with E-state index in [0.717, 1.165) is 19.3 Å². The summed E-state index contributed by atoms with van der Waals surface area (Å²) in [6, 6.07) is 0.0876. The number of thiocarbonyl (C=S) groups is 1. The van der Waals surface area contributed by atoms with Gasteiger partial charge in [-0.3, -0.25) is 4.79 Å². The molecule has 4 nitrogen and oxygen atoms in total. The van der Waals surface area contributed by atoms with E-state index in [-0.39, 0.29) is 11.9 Å². The summed E-state index contributed by atoms with van der Waals surface area (Å²) in [7, 11) is 1.65. The van der Waals surface area contributed by atoms with E-state index < -0.39 is 5.41 Å². The molecule has 1 fully saturated rings. The Bertz CT molecular complexity index is 301. The number of methoxy groups -OCH3 is 1. The zero-order valence-electron chi connectivity index (χ0n) is 10.8. The number of nitrogens with two attached hydrogens (primary N) is 1. The molecule has 17 heavy (non-hydrogen) atoms. The molecule has 1 saturated carbocycles. The molecule has 0 spiro atoms. The minimum absolute atomic E-state index is 0.0216. The summed E-state index contributed by atoms with van der Waals surface area (Å²) in [6.45, 7) is 4.71. The number of hydrogen-bond donors (Lipinski definition) is 2. The maximum atomic E-state index is 12.2. The van der Waals surface area contributed by atoms with Gasteiger partial charge in [0.15, 0.2) is 0 Å². The Kier molecular flexibility index (Phi) is 4.89. The molecule has 1 unspecified atom stereocenters. The fraction of sp³-hybridized carbons (Fsp3) is 0.833. The molecular formula is C12H22N2O2S. The monoisotopic (exact) mass is 258 g/mol. The lowest BCUT2D eigenvalue weighted by atomic mass is 9.62. The molecule has 1 rings (SSSR count). The molecule has 1 atom stereocenters. The molecule has 0 saturated heterocycles. The summed E-state index contributed by atoms with van der Waals surface area (Å²) in [5.41, 5.74) is 5.12. The SMILES string of the molecule is COCCC(C)NC(=O)C1(C(N)=S)CC(C)C1. The van der Waals surface area contributed by atoms with Gasteiger partial charge in [-0.1, -0.05) is 19.1 Å². The topological polar surface area (TPSA) is 64.3 Å². The lowest BCUT2D eigenvalue weighted by Crippen LogP contribution is -2.57. The Balaban J connectivity index is 2.53. The molecule has 98 valence electrons. The second kappa shape index (κ2) is 5.78. The van der Waals surface area contributed by atoms with Gasteiger partial charge in [0.1, 0.15) is 0 Å². The third-order valence-electron chi connectivity index (χ3n) is 3.43. The average molecular weight is 258 g/mol. The standard InChI is InChI=1S/C12H22N2O2S/c1-8-6-12(7-8,10(13)17)11(15)14-9(2)4-5-16-3/h8-9H,4-7H2,1-3H3,(H2,13,17)(H,14,15). The van der Waals surface area contributed by atoms with Gasteiger partial charge in [0.05, 0.1) is 10.4 Å². The normalized spacial score (nSPS) is 29.2. The number of nitrogens with one attached hydrogen (secondary N) is 1. The van der Waals surface area contributed by atoms with Crippen LogP contribution in [0.3, 0.4) is 0 Å². The fourth-order valence-corrected chi connectivity index (χ4v) is 2.62. The Morgan fingerprint density at radius 3 is 2.65 bits per heavy atom.